The van der Waals surface area contributed by atoms with Crippen LogP contribution in [0.25, 0.3) is 0 Å². The summed E-state index contributed by atoms with van der Waals surface area (Å²) < 4.78 is 0. The largest absolute Gasteiger partial charge is 0.396 e. The summed E-state index contributed by atoms with van der Waals surface area (Å²) in [6, 6.07) is 8.41. The van der Waals surface area contributed by atoms with Crippen molar-refractivity contribution in [2.24, 2.45) is 5.41 Å². The molecule has 16 heavy (non-hydrogen) atoms. The lowest BCUT2D eigenvalue weighted by Gasteiger charge is -2.28. The average Bonchev–Trinajstić information content (AvgIpc) is 2.37. The first-order valence-electron chi connectivity index (χ1n) is 5.99. The number of aliphatic hydroxyl groups is 2. The van der Waals surface area contributed by atoms with Gasteiger partial charge in [-0.15, -0.1) is 0 Å². The van der Waals surface area contributed by atoms with E-state index in [1.54, 1.807) is 0 Å². The van der Waals surface area contributed by atoms with Crippen molar-refractivity contribution in [1.82, 2.24) is 0 Å². The quantitative estimate of drug-likeness (QED) is 0.774. The van der Waals surface area contributed by atoms with Crippen LogP contribution in [0.2, 0.25) is 0 Å². The van der Waals surface area contributed by atoms with Gasteiger partial charge in [0, 0.05) is 5.41 Å². The first-order chi connectivity index (χ1) is 7.69. The molecule has 2 N–H and O–H groups in total. The monoisotopic (exact) mass is 222 g/mol. The highest BCUT2D eigenvalue weighted by Crippen LogP contribution is 2.26. The first kappa shape index (κ1) is 13.2. The van der Waals surface area contributed by atoms with Gasteiger partial charge in [0.15, 0.2) is 0 Å². The molecule has 0 fully saturated rings. The summed E-state index contributed by atoms with van der Waals surface area (Å²) in [5.41, 5.74) is 2.13. The molecule has 2 heteroatoms. The lowest BCUT2D eigenvalue weighted by Crippen LogP contribution is -2.31. The summed E-state index contributed by atoms with van der Waals surface area (Å²) >= 11 is 0. The van der Waals surface area contributed by atoms with Crippen LogP contribution in [-0.2, 0) is 12.8 Å². The third kappa shape index (κ3) is 3.06. The van der Waals surface area contributed by atoms with Gasteiger partial charge in [-0.1, -0.05) is 38.1 Å². The van der Waals surface area contributed by atoms with Gasteiger partial charge in [0.25, 0.3) is 0 Å². The van der Waals surface area contributed by atoms with Gasteiger partial charge >= 0.3 is 0 Å². The topological polar surface area (TPSA) is 40.5 Å². The van der Waals surface area contributed by atoms with Gasteiger partial charge in [-0.25, -0.2) is 0 Å². The van der Waals surface area contributed by atoms with Gasteiger partial charge in [-0.2, -0.15) is 0 Å². The number of aliphatic hydroxyl groups excluding tert-OH is 2. The number of benzene rings is 1. The Kier molecular flexibility index (Phi) is 4.97. The minimum absolute atomic E-state index is 0.0372. The number of aryl methyl sites for hydroxylation is 1. The van der Waals surface area contributed by atoms with Crippen molar-refractivity contribution in [2.75, 3.05) is 13.2 Å². The molecule has 0 aliphatic heterocycles. The molecule has 0 spiro atoms. The van der Waals surface area contributed by atoms with Crippen molar-refractivity contribution in [3.63, 3.8) is 0 Å². The Labute approximate surface area is 97.9 Å². The van der Waals surface area contributed by atoms with Gasteiger partial charge in [0.2, 0.25) is 0 Å². The summed E-state index contributed by atoms with van der Waals surface area (Å²) in [5, 5.41) is 18.8. The predicted octanol–water partition coefficient (Wildman–Crippen LogP) is 2.17. The fraction of sp³-hybridized carbons (Fsp3) is 0.571. The minimum atomic E-state index is -0.367. The smallest absolute Gasteiger partial charge is 0.0512 e. The standard InChI is InChI=1S/C14H22O2/c1-3-12-5-7-13(8-6-12)9-14(4-2,10-15)11-16/h5-8,15-16H,3-4,9-11H2,1-2H3. The van der Waals surface area contributed by atoms with Crippen molar-refractivity contribution < 1.29 is 10.2 Å². The summed E-state index contributed by atoms with van der Waals surface area (Å²) in [7, 11) is 0. The van der Waals surface area contributed by atoms with Crippen molar-refractivity contribution in [3.8, 4) is 0 Å². The van der Waals surface area contributed by atoms with Crippen LogP contribution in [0.5, 0.6) is 0 Å². The maximum atomic E-state index is 9.38. The van der Waals surface area contributed by atoms with Crippen molar-refractivity contribution in [2.45, 2.75) is 33.1 Å². The van der Waals surface area contributed by atoms with Crippen LogP contribution in [0.1, 0.15) is 31.4 Å². The Hall–Kier alpha value is -0.860. The van der Waals surface area contributed by atoms with Crippen molar-refractivity contribution >= 4 is 0 Å². The van der Waals surface area contributed by atoms with Crippen molar-refractivity contribution in [3.05, 3.63) is 35.4 Å². The second-order valence-electron chi connectivity index (χ2n) is 4.52. The van der Waals surface area contributed by atoms with E-state index in [-0.39, 0.29) is 18.6 Å². The first-order valence-corrected chi connectivity index (χ1v) is 5.99. The lowest BCUT2D eigenvalue weighted by molar-refractivity contribution is 0.0514. The molecule has 0 unspecified atom stereocenters. The fourth-order valence-electron chi connectivity index (χ4n) is 1.84. The van der Waals surface area contributed by atoms with Gasteiger partial charge in [-0.05, 0) is 30.4 Å². The van der Waals surface area contributed by atoms with Crippen LogP contribution < -0.4 is 0 Å². The van der Waals surface area contributed by atoms with E-state index in [0.717, 1.165) is 19.3 Å². The van der Waals surface area contributed by atoms with E-state index in [2.05, 4.69) is 31.2 Å². The number of rotatable bonds is 6. The Bertz CT molecular complexity index is 291. The van der Waals surface area contributed by atoms with E-state index in [1.165, 1.54) is 11.1 Å². The Morgan fingerprint density at radius 3 is 1.81 bits per heavy atom. The second kappa shape index (κ2) is 6.02. The molecule has 1 aromatic carbocycles. The molecule has 0 bridgehead atoms. The molecular weight excluding hydrogens is 200 g/mol. The molecule has 0 heterocycles. The summed E-state index contributed by atoms with van der Waals surface area (Å²) in [5.74, 6) is 0. The number of hydrogen-bond acceptors (Lipinski definition) is 2. The maximum absolute atomic E-state index is 9.38. The van der Waals surface area contributed by atoms with Crippen LogP contribution >= 0.6 is 0 Å². The minimum Gasteiger partial charge on any atom is -0.396 e. The molecule has 0 aliphatic rings. The lowest BCUT2D eigenvalue weighted by atomic mass is 9.80. The average molecular weight is 222 g/mol. The van der Waals surface area contributed by atoms with Gasteiger partial charge in [-0.3, -0.25) is 0 Å². The molecule has 0 aromatic heterocycles. The van der Waals surface area contributed by atoms with E-state index in [1.807, 2.05) is 6.92 Å². The molecule has 0 radical (unpaired) electrons. The van der Waals surface area contributed by atoms with E-state index in [9.17, 15) is 10.2 Å². The maximum Gasteiger partial charge on any atom is 0.0512 e. The predicted molar refractivity (Wildman–Crippen MR) is 66.4 cm³/mol. The van der Waals surface area contributed by atoms with Gasteiger partial charge < -0.3 is 10.2 Å². The molecule has 0 amide bonds. The molecule has 0 saturated carbocycles. The molecule has 2 nitrogen and oxygen atoms in total. The zero-order chi connectivity index (χ0) is 12.0. The van der Waals surface area contributed by atoms with E-state index >= 15 is 0 Å². The van der Waals surface area contributed by atoms with Crippen LogP contribution in [0.15, 0.2) is 24.3 Å². The van der Waals surface area contributed by atoms with Crippen LogP contribution in [0.3, 0.4) is 0 Å². The van der Waals surface area contributed by atoms with E-state index < -0.39 is 0 Å². The summed E-state index contributed by atoms with van der Waals surface area (Å²) in [6.45, 7) is 4.21. The Morgan fingerprint density at radius 1 is 0.938 bits per heavy atom. The van der Waals surface area contributed by atoms with Crippen molar-refractivity contribution in [1.29, 1.82) is 0 Å². The summed E-state index contributed by atoms with van der Waals surface area (Å²) in [4.78, 5) is 0. The number of hydrogen-bond donors (Lipinski definition) is 2. The molecule has 0 aliphatic carbocycles. The highest BCUT2D eigenvalue weighted by molar-refractivity contribution is 5.23. The Morgan fingerprint density at radius 2 is 1.44 bits per heavy atom. The molecule has 90 valence electrons. The molecular formula is C14H22O2. The van der Waals surface area contributed by atoms with E-state index in [0.29, 0.717) is 0 Å². The second-order valence-corrected chi connectivity index (χ2v) is 4.52. The summed E-state index contributed by atoms with van der Waals surface area (Å²) in [6.07, 6.45) is 2.56. The molecule has 0 saturated heterocycles. The third-order valence-electron chi connectivity index (χ3n) is 3.43. The van der Waals surface area contributed by atoms with Gasteiger partial charge in [0.1, 0.15) is 0 Å². The van der Waals surface area contributed by atoms with Crippen LogP contribution in [0, 0.1) is 5.41 Å². The highest BCUT2D eigenvalue weighted by Gasteiger charge is 2.26. The highest BCUT2D eigenvalue weighted by atomic mass is 16.3. The zero-order valence-electron chi connectivity index (χ0n) is 10.2. The zero-order valence-corrected chi connectivity index (χ0v) is 10.2. The third-order valence-corrected chi connectivity index (χ3v) is 3.43. The van der Waals surface area contributed by atoms with E-state index in [4.69, 9.17) is 0 Å². The van der Waals surface area contributed by atoms with Gasteiger partial charge in [0.05, 0.1) is 13.2 Å². The van der Waals surface area contributed by atoms with Crippen LogP contribution in [-0.4, -0.2) is 23.4 Å². The Balaban J connectivity index is 2.77. The molecule has 1 rings (SSSR count). The normalized spacial score (nSPS) is 11.8. The molecule has 0 atom stereocenters. The SMILES string of the molecule is CCc1ccc(CC(CC)(CO)CO)cc1. The fourth-order valence-corrected chi connectivity index (χ4v) is 1.84. The van der Waals surface area contributed by atoms with Crippen LogP contribution in [0.4, 0.5) is 0 Å². The molecule has 1 aromatic rings.